The second kappa shape index (κ2) is 6.63. The summed E-state index contributed by atoms with van der Waals surface area (Å²) in [4.78, 5) is 4.88. The number of hydrogen-bond acceptors (Lipinski definition) is 3. The second-order valence-electron chi connectivity index (χ2n) is 5.73. The van der Waals surface area contributed by atoms with Crippen LogP contribution in [0.5, 0.6) is 0 Å². The van der Waals surface area contributed by atoms with Crippen LogP contribution < -0.4 is 17.0 Å². The minimum Gasteiger partial charge on any atom is -1.00 e. The van der Waals surface area contributed by atoms with E-state index < -0.39 is 0 Å². The van der Waals surface area contributed by atoms with E-state index in [2.05, 4.69) is 61.3 Å². The smallest absolute Gasteiger partial charge is 0.0964 e. The fourth-order valence-corrected chi connectivity index (χ4v) is 4.90. The van der Waals surface area contributed by atoms with Crippen LogP contribution in [0.2, 0.25) is 0 Å². The molecule has 0 spiro atoms. The van der Waals surface area contributed by atoms with E-state index in [-0.39, 0.29) is 17.0 Å². The van der Waals surface area contributed by atoms with E-state index in [1.165, 1.54) is 29.2 Å². The van der Waals surface area contributed by atoms with Gasteiger partial charge in [0.15, 0.2) is 0 Å². The lowest BCUT2D eigenvalue weighted by molar-refractivity contribution is -0.00000402. The molecule has 0 amide bonds. The van der Waals surface area contributed by atoms with Crippen LogP contribution in [0.4, 0.5) is 0 Å². The number of thiazole rings is 1. The number of rotatable bonds is 2. The van der Waals surface area contributed by atoms with E-state index in [0.717, 1.165) is 5.69 Å². The maximum absolute atomic E-state index is 4.88. The Kier molecular flexibility index (Phi) is 5.32. The van der Waals surface area contributed by atoms with E-state index in [1.54, 1.807) is 0 Å². The highest BCUT2D eigenvalue weighted by Crippen LogP contribution is 2.44. The van der Waals surface area contributed by atoms with E-state index in [9.17, 15) is 0 Å². The molecule has 20 heavy (non-hydrogen) atoms. The topological polar surface area (TPSA) is 12.9 Å². The highest BCUT2D eigenvalue weighted by Gasteiger charge is 2.30. The average Bonchev–Trinajstić information content (AvgIpc) is 2.88. The van der Waals surface area contributed by atoms with Gasteiger partial charge in [0.05, 0.1) is 10.7 Å². The average molecular weight is 369 g/mol. The summed E-state index contributed by atoms with van der Waals surface area (Å²) in [6.07, 6.45) is 2.52. The molecule has 0 radical (unpaired) electrons. The van der Waals surface area contributed by atoms with E-state index in [0.29, 0.717) is 10.7 Å². The van der Waals surface area contributed by atoms with Crippen molar-refractivity contribution in [3.63, 3.8) is 0 Å². The fraction of sp³-hybridized carbons (Fsp3) is 0.438. The van der Waals surface area contributed by atoms with Gasteiger partial charge in [-0.05, 0) is 18.6 Å². The van der Waals surface area contributed by atoms with E-state index in [4.69, 9.17) is 4.98 Å². The Hall–Kier alpha value is -0.320. The Morgan fingerprint density at radius 1 is 1.20 bits per heavy atom. The predicted octanol–water partition coefficient (Wildman–Crippen LogP) is 2.20. The van der Waals surface area contributed by atoms with Crippen LogP contribution in [0.25, 0.3) is 11.3 Å². The fourth-order valence-electron chi connectivity index (χ4n) is 2.66. The van der Waals surface area contributed by atoms with Crippen molar-refractivity contribution in [3.05, 3.63) is 40.7 Å². The molecule has 108 valence electrons. The Balaban J connectivity index is 0.00000147. The minimum absolute atomic E-state index is 0. The molecule has 4 heteroatoms. The van der Waals surface area contributed by atoms with Gasteiger partial charge in [-0.3, -0.25) is 0 Å². The van der Waals surface area contributed by atoms with Gasteiger partial charge in [-0.15, -0.1) is 11.3 Å². The zero-order valence-corrected chi connectivity index (χ0v) is 15.0. The van der Waals surface area contributed by atoms with Gasteiger partial charge in [0.2, 0.25) is 0 Å². The van der Waals surface area contributed by atoms with Gasteiger partial charge < -0.3 is 17.0 Å². The molecule has 2 heterocycles. The first-order valence-corrected chi connectivity index (χ1v) is 8.65. The third kappa shape index (κ3) is 3.66. The number of nitrogens with zero attached hydrogens (tertiary/aromatic N) is 1. The zero-order valence-electron chi connectivity index (χ0n) is 11.8. The molecular weight excluding hydrogens is 350 g/mol. The Bertz CT molecular complexity index is 551. The lowest BCUT2D eigenvalue weighted by Gasteiger charge is -2.33. The van der Waals surface area contributed by atoms with E-state index >= 15 is 0 Å². The number of hydrogen-bond donors (Lipinski definition) is 0. The molecule has 1 fully saturated rings. The number of aromatic nitrogens is 1. The summed E-state index contributed by atoms with van der Waals surface area (Å²) in [7, 11) is 0. The molecule has 1 saturated heterocycles. The lowest BCUT2D eigenvalue weighted by Crippen LogP contribution is -3.00. The van der Waals surface area contributed by atoms with Gasteiger partial charge in [-0.1, -0.05) is 44.2 Å². The molecule has 0 saturated carbocycles. The summed E-state index contributed by atoms with van der Waals surface area (Å²) in [5, 5.41) is 3.53. The molecule has 1 unspecified atom stereocenters. The first-order valence-electron chi connectivity index (χ1n) is 6.79. The summed E-state index contributed by atoms with van der Waals surface area (Å²) in [6.45, 7) is 4.71. The van der Waals surface area contributed by atoms with E-state index in [1.807, 2.05) is 11.3 Å². The van der Waals surface area contributed by atoms with Crippen molar-refractivity contribution in [1.82, 2.24) is 4.98 Å². The van der Waals surface area contributed by atoms with Crippen LogP contribution in [-0.4, -0.2) is 15.5 Å². The molecule has 2 aromatic rings. The van der Waals surface area contributed by atoms with Crippen LogP contribution in [-0.2, 0) is 0 Å². The normalized spacial score (nSPS) is 21.2. The maximum atomic E-state index is 4.88. The van der Waals surface area contributed by atoms with Gasteiger partial charge in [0.25, 0.3) is 0 Å². The molecule has 0 aliphatic carbocycles. The predicted molar refractivity (Wildman–Crippen MR) is 86.1 cm³/mol. The van der Waals surface area contributed by atoms with Crippen molar-refractivity contribution >= 4 is 23.1 Å². The van der Waals surface area contributed by atoms with Crippen molar-refractivity contribution in [3.8, 4) is 11.3 Å². The molecule has 0 bridgehead atoms. The first-order chi connectivity index (χ1) is 9.14. The van der Waals surface area contributed by atoms with Crippen LogP contribution in [0.15, 0.2) is 35.7 Å². The third-order valence-corrected chi connectivity index (χ3v) is 6.03. The van der Waals surface area contributed by atoms with Gasteiger partial charge in [-0.2, -0.15) is 11.8 Å². The van der Waals surface area contributed by atoms with Crippen molar-refractivity contribution in [2.45, 2.75) is 37.4 Å². The quantitative estimate of drug-likeness (QED) is 0.805. The van der Waals surface area contributed by atoms with Crippen LogP contribution >= 0.6 is 23.1 Å². The largest absolute Gasteiger partial charge is 1.00 e. The number of halogens is 1. The number of thioether (sulfide) groups is 1. The maximum Gasteiger partial charge on any atom is 0.0964 e. The second-order valence-corrected chi connectivity index (χ2v) is 8.43. The van der Waals surface area contributed by atoms with Gasteiger partial charge in [0, 0.05) is 21.6 Å². The van der Waals surface area contributed by atoms with Crippen molar-refractivity contribution < 1.29 is 17.0 Å². The van der Waals surface area contributed by atoms with Crippen LogP contribution in [0.1, 0.15) is 37.6 Å². The summed E-state index contributed by atoms with van der Waals surface area (Å²) in [5.41, 5.74) is 2.37. The molecule has 3 rings (SSSR count). The van der Waals surface area contributed by atoms with Gasteiger partial charge in [-0.25, -0.2) is 4.98 Å². The Morgan fingerprint density at radius 3 is 2.65 bits per heavy atom. The Morgan fingerprint density at radius 2 is 1.95 bits per heavy atom. The summed E-state index contributed by atoms with van der Waals surface area (Å²) >= 11 is 3.93. The molecule has 1 aromatic carbocycles. The molecule has 1 atom stereocenters. The monoisotopic (exact) mass is 368 g/mol. The van der Waals surface area contributed by atoms with Crippen molar-refractivity contribution in [2.24, 2.45) is 0 Å². The molecule has 1 aliphatic rings. The summed E-state index contributed by atoms with van der Waals surface area (Å²) in [5.74, 6) is 1.91. The highest BCUT2D eigenvalue weighted by atomic mass is 79.9. The zero-order chi connectivity index (χ0) is 13.3. The number of benzene rings is 1. The molecule has 1 nitrogen and oxygen atoms in total. The SMILES string of the molecule is CC1(C)CC(c2nc(-c3ccccc3)cs2)CCS1.[Br-]. The van der Waals surface area contributed by atoms with Crippen molar-refractivity contribution in [1.29, 1.82) is 0 Å². The summed E-state index contributed by atoms with van der Waals surface area (Å²) in [6, 6.07) is 10.5. The van der Waals surface area contributed by atoms with Crippen molar-refractivity contribution in [2.75, 3.05) is 5.75 Å². The minimum atomic E-state index is 0. The lowest BCUT2D eigenvalue weighted by atomic mass is 9.94. The van der Waals surface area contributed by atoms with Gasteiger partial charge in [0.1, 0.15) is 0 Å². The molecule has 1 aliphatic heterocycles. The highest BCUT2D eigenvalue weighted by molar-refractivity contribution is 8.00. The molecule has 1 aromatic heterocycles. The van der Waals surface area contributed by atoms with Crippen LogP contribution in [0.3, 0.4) is 0 Å². The van der Waals surface area contributed by atoms with Gasteiger partial charge >= 0.3 is 0 Å². The Labute approximate surface area is 140 Å². The van der Waals surface area contributed by atoms with Crippen LogP contribution in [0, 0.1) is 0 Å². The summed E-state index contributed by atoms with van der Waals surface area (Å²) < 4.78 is 0.404. The molecular formula is C16H19BrNS2-. The molecule has 0 N–H and O–H groups in total. The standard InChI is InChI=1S/C16H19NS2.BrH/c1-16(2)10-13(8-9-19-16)15-17-14(11-18-15)12-6-4-3-5-7-12;/h3-7,11,13H,8-10H2,1-2H3;1H/p-1. The third-order valence-electron chi connectivity index (χ3n) is 3.64. The first kappa shape index (κ1) is 16.1.